The maximum atomic E-state index is 13.4. The van der Waals surface area contributed by atoms with Gasteiger partial charge in [0, 0.05) is 6.61 Å². The highest BCUT2D eigenvalue weighted by Crippen LogP contribution is 2.17. The van der Waals surface area contributed by atoms with Gasteiger partial charge in [-0.1, -0.05) is 6.07 Å². The molecule has 1 heterocycles. The van der Waals surface area contributed by atoms with E-state index in [-0.39, 0.29) is 12.6 Å². The number of nitrogens with one attached hydrogen (secondary N) is 2. The van der Waals surface area contributed by atoms with Crippen molar-refractivity contribution in [3.63, 3.8) is 0 Å². The van der Waals surface area contributed by atoms with Crippen molar-refractivity contribution in [2.75, 3.05) is 25.0 Å². The Bertz CT molecular complexity index is 456. The third-order valence-electron chi connectivity index (χ3n) is 3.43. The standard InChI is InChI=1S/C15H20F2N2O2/c16-12-5-3-6-13(17)15(12)19-14(20)10-18-8-7-11-4-1-2-9-21-11/h3,5-6,11,18H,1-2,4,7-10H2,(H,19,20). The van der Waals surface area contributed by atoms with Gasteiger partial charge in [0.2, 0.25) is 5.91 Å². The Kier molecular flexibility index (Phi) is 6.07. The normalized spacial score (nSPS) is 18.5. The van der Waals surface area contributed by atoms with E-state index in [9.17, 15) is 13.6 Å². The van der Waals surface area contributed by atoms with Crippen LogP contribution in [-0.2, 0) is 9.53 Å². The summed E-state index contributed by atoms with van der Waals surface area (Å²) >= 11 is 0. The van der Waals surface area contributed by atoms with Crippen molar-refractivity contribution >= 4 is 11.6 Å². The van der Waals surface area contributed by atoms with Crippen molar-refractivity contribution < 1.29 is 18.3 Å². The molecule has 0 aromatic heterocycles. The van der Waals surface area contributed by atoms with Crippen molar-refractivity contribution in [1.29, 1.82) is 0 Å². The lowest BCUT2D eigenvalue weighted by Gasteiger charge is -2.22. The largest absolute Gasteiger partial charge is 0.378 e. The summed E-state index contributed by atoms with van der Waals surface area (Å²) in [6, 6.07) is 3.46. The van der Waals surface area contributed by atoms with Crippen LogP contribution in [0.2, 0.25) is 0 Å². The maximum absolute atomic E-state index is 13.4. The zero-order valence-electron chi connectivity index (χ0n) is 11.8. The van der Waals surface area contributed by atoms with Crippen LogP contribution in [0, 0.1) is 11.6 Å². The lowest BCUT2D eigenvalue weighted by molar-refractivity contribution is -0.115. The van der Waals surface area contributed by atoms with Crippen LogP contribution in [0.3, 0.4) is 0 Å². The predicted molar refractivity (Wildman–Crippen MR) is 76.1 cm³/mol. The summed E-state index contributed by atoms with van der Waals surface area (Å²) in [6.45, 7) is 1.45. The number of anilines is 1. The van der Waals surface area contributed by atoms with Gasteiger partial charge < -0.3 is 15.4 Å². The average Bonchev–Trinajstić information content (AvgIpc) is 2.49. The summed E-state index contributed by atoms with van der Waals surface area (Å²) in [5.41, 5.74) is -0.403. The third kappa shape index (κ3) is 5.06. The third-order valence-corrected chi connectivity index (χ3v) is 3.43. The molecular weight excluding hydrogens is 278 g/mol. The molecule has 0 bridgehead atoms. The number of hydrogen-bond acceptors (Lipinski definition) is 3. The van der Waals surface area contributed by atoms with Crippen LogP contribution >= 0.6 is 0 Å². The molecule has 116 valence electrons. The van der Waals surface area contributed by atoms with Crippen LogP contribution in [0.5, 0.6) is 0 Å². The smallest absolute Gasteiger partial charge is 0.238 e. The van der Waals surface area contributed by atoms with E-state index in [0.717, 1.165) is 38.0 Å². The van der Waals surface area contributed by atoms with Gasteiger partial charge in [-0.05, 0) is 44.4 Å². The van der Waals surface area contributed by atoms with E-state index in [2.05, 4.69) is 10.6 Å². The van der Waals surface area contributed by atoms with E-state index in [1.54, 1.807) is 0 Å². The van der Waals surface area contributed by atoms with Gasteiger partial charge in [-0.25, -0.2) is 8.78 Å². The summed E-state index contributed by atoms with van der Waals surface area (Å²) < 4.78 is 32.3. The quantitative estimate of drug-likeness (QED) is 0.793. The number of para-hydroxylation sites is 1. The second-order valence-corrected chi connectivity index (χ2v) is 5.10. The minimum Gasteiger partial charge on any atom is -0.378 e. The summed E-state index contributed by atoms with van der Waals surface area (Å²) in [4.78, 5) is 11.6. The number of rotatable bonds is 6. The van der Waals surface area contributed by atoms with Gasteiger partial charge in [0.1, 0.15) is 17.3 Å². The molecule has 0 aliphatic carbocycles. The average molecular weight is 298 g/mol. The topological polar surface area (TPSA) is 50.4 Å². The summed E-state index contributed by atoms with van der Waals surface area (Å²) in [6.07, 6.45) is 4.42. The lowest BCUT2D eigenvalue weighted by atomic mass is 10.1. The highest BCUT2D eigenvalue weighted by Gasteiger charge is 2.14. The molecule has 0 saturated carbocycles. The zero-order valence-corrected chi connectivity index (χ0v) is 11.8. The lowest BCUT2D eigenvalue weighted by Crippen LogP contribution is -2.31. The van der Waals surface area contributed by atoms with Crippen molar-refractivity contribution in [2.45, 2.75) is 31.8 Å². The number of carbonyl (C=O) groups is 1. The number of carbonyl (C=O) groups excluding carboxylic acids is 1. The Morgan fingerprint density at radius 3 is 2.71 bits per heavy atom. The van der Waals surface area contributed by atoms with E-state index in [4.69, 9.17) is 4.74 Å². The molecule has 1 amide bonds. The summed E-state index contributed by atoms with van der Waals surface area (Å²) in [7, 11) is 0. The first-order valence-electron chi connectivity index (χ1n) is 7.23. The first kappa shape index (κ1) is 15.9. The number of amides is 1. The Morgan fingerprint density at radius 2 is 2.05 bits per heavy atom. The van der Waals surface area contributed by atoms with Crippen molar-refractivity contribution in [3.8, 4) is 0 Å². The van der Waals surface area contributed by atoms with Crippen LogP contribution < -0.4 is 10.6 Å². The molecular formula is C15H20F2N2O2. The Morgan fingerprint density at radius 1 is 1.29 bits per heavy atom. The van der Waals surface area contributed by atoms with Crippen molar-refractivity contribution in [3.05, 3.63) is 29.8 Å². The SMILES string of the molecule is O=C(CNCCC1CCCCO1)Nc1c(F)cccc1F. The first-order valence-corrected chi connectivity index (χ1v) is 7.23. The Labute approximate surface area is 122 Å². The minimum atomic E-state index is -0.779. The van der Waals surface area contributed by atoms with E-state index < -0.39 is 23.2 Å². The molecule has 1 aromatic rings. The summed E-state index contributed by atoms with van der Waals surface area (Å²) in [5, 5.41) is 5.19. The van der Waals surface area contributed by atoms with E-state index in [1.807, 2.05) is 0 Å². The van der Waals surface area contributed by atoms with Gasteiger partial charge in [-0.2, -0.15) is 0 Å². The molecule has 2 N–H and O–H groups in total. The molecule has 0 spiro atoms. The van der Waals surface area contributed by atoms with Gasteiger partial charge in [-0.3, -0.25) is 4.79 Å². The molecule has 0 radical (unpaired) electrons. The van der Waals surface area contributed by atoms with E-state index >= 15 is 0 Å². The fourth-order valence-corrected chi connectivity index (χ4v) is 2.30. The van der Waals surface area contributed by atoms with Crippen molar-refractivity contribution in [1.82, 2.24) is 5.32 Å². The monoisotopic (exact) mass is 298 g/mol. The molecule has 2 rings (SSSR count). The first-order chi connectivity index (χ1) is 10.2. The van der Waals surface area contributed by atoms with Crippen LogP contribution in [0.1, 0.15) is 25.7 Å². The number of ether oxygens (including phenoxy) is 1. The number of benzene rings is 1. The second-order valence-electron chi connectivity index (χ2n) is 5.10. The van der Waals surface area contributed by atoms with E-state index in [1.165, 1.54) is 12.5 Å². The fourth-order valence-electron chi connectivity index (χ4n) is 2.30. The van der Waals surface area contributed by atoms with Gasteiger partial charge in [0.25, 0.3) is 0 Å². The predicted octanol–water partition coefficient (Wildman–Crippen LogP) is 2.45. The van der Waals surface area contributed by atoms with Crippen LogP contribution in [0.4, 0.5) is 14.5 Å². The number of hydrogen-bond donors (Lipinski definition) is 2. The molecule has 4 nitrogen and oxygen atoms in total. The molecule has 1 atom stereocenters. The van der Waals surface area contributed by atoms with Gasteiger partial charge in [-0.15, -0.1) is 0 Å². The van der Waals surface area contributed by atoms with Gasteiger partial charge in [0.15, 0.2) is 0 Å². The Hall–Kier alpha value is -1.53. The van der Waals surface area contributed by atoms with Crippen molar-refractivity contribution in [2.24, 2.45) is 0 Å². The highest BCUT2D eigenvalue weighted by molar-refractivity contribution is 5.92. The molecule has 6 heteroatoms. The highest BCUT2D eigenvalue weighted by atomic mass is 19.1. The van der Waals surface area contributed by atoms with Crippen LogP contribution in [0.15, 0.2) is 18.2 Å². The van der Waals surface area contributed by atoms with Crippen LogP contribution in [0.25, 0.3) is 0 Å². The fraction of sp³-hybridized carbons (Fsp3) is 0.533. The zero-order chi connectivity index (χ0) is 15.1. The van der Waals surface area contributed by atoms with Crippen LogP contribution in [-0.4, -0.2) is 31.7 Å². The molecule has 21 heavy (non-hydrogen) atoms. The molecule has 1 unspecified atom stereocenters. The number of halogens is 2. The van der Waals surface area contributed by atoms with E-state index in [0.29, 0.717) is 6.54 Å². The molecule has 1 aliphatic rings. The Balaban J connectivity index is 1.67. The van der Waals surface area contributed by atoms with Gasteiger partial charge >= 0.3 is 0 Å². The minimum absolute atomic E-state index is 0.0144. The molecule has 1 saturated heterocycles. The van der Waals surface area contributed by atoms with Gasteiger partial charge in [0.05, 0.1) is 12.6 Å². The second kappa shape index (κ2) is 8.05. The maximum Gasteiger partial charge on any atom is 0.238 e. The molecule has 1 aromatic carbocycles. The molecule has 1 fully saturated rings. The summed E-state index contributed by atoms with van der Waals surface area (Å²) in [5.74, 6) is -2.03. The molecule has 1 aliphatic heterocycles.